The number of rotatable bonds is 5. The second-order valence-electron chi connectivity index (χ2n) is 3.79. The maximum Gasteiger partial charge on any atom is 0.261 e. The van der Waals surface area contributed by atoms with E-state index in [-0.39, 0.29) is 28.6 Å². The minimum Gasteiger partial charge on any atom is -0.389 e. The Hall–Kier alpha value is -1.69. The van der Waals surface area contributed by atoms with Crippen LogP contribution in [-0.4, -0.2) is 33.5 Å². The van der Waals surface area contributed by atoms with E-state index in [9.17, 15) is 9.59 Å². The Bertz CT molecular complexity index is 506. The van der Waals surface area contributed by atoms with Gasteiger partial charge in [0.1, 0.15) is 11.5 Å². The highest BCUT2D eigenvalue weighted by Crippen LogP contribution is 1.95. The molecule has 0 aliphatic rings. The van der Waals surface area contributed by atoms with Gasteiger partial charge in [-0.2, -0.15) is 0 Å². The van der Waals surface area contributed by atoms with E-state index >= 15 is 0 Å². The van der Waals surface area contributed by atoms with E-state index in [0.29, 0.717) is 13.1 Å². The molecule has 0 unspecified atom stereocenters. The zero-order valence-electron chi connectivity index (χ0n) is 10.5. The van der Waals surface area contributed by atoms with Crippen molar-refractivity contribution < 1.29 is 4.79 Å². The lowest BCUT2D eigenvalue weighted by Gasteiger charge is -2.19. The summed E-state index contributed by atoms with van der Waals surface area (Å²) in [6.45, 7) is 5.06. The molecule has 1 heterocycles. The molecule has 6 heteroatoms. The number of nitrogens with zero attached hydrogens (tertiary/aromatic N) is 2. The monoisotopic (exact) mass is 267 g/mol. The van der Waals surface area contributed by atoms with Crippen LogP contribution in [-0.2, 0) is 11.3 Å². The highest BCUT2D eigenvalue weighted by Gasteiger charge is 2.12. The molecule has 0 bridgehead atoms. The standard InChI is InChI=1S/C12H17N3O2S/c1-3-14(4-2)10(16)8-15-7-5-6-9(11(13)18)12(15)17/h5-7H,3-4,8H2,1-2H3,(H2,13,18). The quantitative estimate of drug-likeness (QED) is 0.782. The highest BCUT2D eigenvalue weighted by atomic mass is 32.1. The summed E-state index contributed by atoms with van der Waals surface area (Å²) in [6.07, 6.45) is 1.56. The van der Waals surface area contributed by atoms with E-state index < -0.39 is 0 Å². The summed E-state index contributed by atoms with van der Waals surface area (Å²) in [5.74, 6) is -0.0952. The van der Waals surface area contributed by atoms with Gasteiger partial charge in [0.25, 0.3) is 5.56 Å². The third-order valence-electron chi connectivity index (χ3n) is 2.71. The van der Waals surface area contributed by atoms with Crippen molar-refractivity contribution in [2.24, 2.45) is 5.73 Å². The van der Waals surface area contributed by atoms with Gasteiger partial charge in [-0.05, 0) is 26.0 Å². The predicted octanol–water partition coefficient (Wildman–Crippen LogP) is 0.351. The number of likely N-dealkylation sites (N-methyl/N-ethyl adjacent to an activating group) is 1. The van der Waals surface area contributed by atoms with E-state index in [4.69, 9.17) is 18.0 Å². The van der Waals surface area contributed by atoms with E-state index in [1.54, 1.807) is 23.2 Å². The molecule has 0 aromatic carbocycles. The van der Waals surface area contributed by atoms with Gasteiger partial charge in [-0.15, -0.1) is 0 Å². The molecule has 1 aromatic rings. The Kier molecular flexibility index (Phi) is 5.03. The average molecular weight is 267 g/mol. The van der Waals surface area contributed by atoms with E-state index in [1.807, 2.05) is 13.8 Å². The number of amides is 1. The summed E-state index contributed by atoms with van der Waals surface area (Å²) in [5, 5.41) is 0. The third kappa shape index (κ3) is 3.16. The Balaban J connectivity index is 2.99. The number of carbonyl (C=O) groups is 1. The summed E-state index contributed by atoms with van der Waals surface area (Å²) in [4.78, 5) is 25.6. The molecule has 0 fully saturated rings. The van der Waals surface area contributed by atoms with Gasteiger partial charge in [0.2, 0.25) is 5.91 Å². The van der Waals surface area contributed by atoms with Crippen LogP contribution >= 0.6 is 12.2 Å². The van der Waals surface area contributed by atoms with Crippen LogP contribution in [0, 0.1) is 0 Å². The molecule has 1 rings (SSSR count). The summed E-state index contributed by atoms with van der Waals surface area (Å²) < 4.78 is 1.33. The number of hydrogen-bond donors (Lipinski definition) is 1. The van der Waals surface area contributed by atoms with Crippen LogP contribution in [0.25, 0.3) is 0 Å². The van der Waals surface area contributed by atoms with Gasteiger partial charge in [0.05, 0.1) is 5.56 Å². The zero-order chi connectivity index (χ0) is 13.7. The van der Waals surface area contributed by atoms with Crippen molar-refractivity contribution in [1.29, 1.82) is 0 Å². The summed E-state index contributed by atoms with van der Waals surface area (Å²) in [5.41, 5.74) is 5.38. The Labute approximate surface area is 111 Å². The van der Waals surface area contributed by atoms with Crippen LogP contribution in [0.15, 0.2) is 23.1 Å². The van der Waals surface area contributed by atoms with Gasteiger partial charge in [-0.1, -0.05) is 12.2 Å². The number of nitrogens with two attached hydrogens (primary N) is 1. The highest BCUT2D eigenvalue weighted by molar-refractivity contribution is 7.80. The molecule has 0 saturated carbocycles. The molecule has 0 aliphatic heterocycles. The molecule has 1 amide bonds. The minimum atomic E-state index is -0.328. The lowest BCUT2D eigenvalue weighted by molar-refractivity contribution is -0.131. The Morgan fingerprint density at radius 3 is 2.56 bits per heavy atom. The van der Waals surface area contributed by atoms with E-state index in [1.165, 1.54) is 4.57 Å². The largest absolute Gasteiger partial charge is 0.389 e. The van der Waals surface area contributed by atoms with Crippen LogP contribution < -0.4 is 11.3 Å². The molecule has 1 aromatic heterocycles. The maximum atomic E-state index is 12.0. The molecule has 18 heavy (non-hydrogen) atoms. The molecule has 2 N–H and O–H groups in total. The van der Waals surface area contributed by atoms with Gasteiger partial charge < -0.3 is 15.2 Å². The van der Waals surface area contributed by atoms with Crippen molar-refractivity contribution in [3.63, 3.8) is 0 Å². The second kappa shape index (κ2) is 6.30. The van der Waals surface area contributed by atoms with Gasteiger partial charge in [-0.25, -0.2) is 0 Å². The van der Waals surface area contributed by atoms with Crippen molar-refractivity contribution >= 4 is 23.1 Å². The molecule has 0 spiro atoms. The average Bonchev–Trinajstić information content (AvgIpc) is 2.33. The Morgan fingerprint density at radius 1 is 1.44 bits per heavy atom. The molecular formula is C12H17N3O2S. The van der Waals surface area contributed by atoms with Gasteiger partial charge in [-0.3, -0.25) is 9.59 Å². The van der Waals surface area contributed by atoms with Crippen LogP contribution in [0.5, 0.6) is 0 Å². The van der Waals surface area contributed by atoms with Gasteiger partial charge in [0, 0.05) is 19.3 Å². The molecule has 98 valence electrons. The lowest BCUT2D eigenvalue weighted by Crippen LogP contribution is -2.37. The maximum absolute atomic E-state index is 12.0. The Morgan fingerprint density at radius 2 is 2.06 bits per heavy atom. The summed E-state index contributed by atoms with van der Waals surface area (Å²) in [7, 11) is 0. The van der Waals surface area contributed by atoms with Crippen molar-refractivity contribution in [2.75, 3.05) is 13.1 Å². The van der Waals surface area contributed by atoms with Crippen molar-refractivity contribution in [2.45, 2.75) is 20.4 Å². The van der Waals surface area contributed by atoms with Crippen LogP contribution in [0.4, 0.5) is 0 Å². The number of carbonyl (C=O) groups excluding carboxylic acids is 1. The van der Waals surface area contributed by atoms with Crippen molar-refractivity contribution in [3.05, 3.63) is 34.2 Å². The lowest BCUT2D eigenvalue weighted by atomic mass is 10.2. The summed E-state index contributed by atoms with van der Waals surface area (Å²) >= 11 is 4.79. The topological polar surface area (TPSA) is 68.3 Å². The first-order chi connectivity index (χ1) is 8.51. The SMILES string of the molecule is CCN(CC)C(=O)Cn1cccc(C(N)=S)c1=O. The van der Waals surface area contributed by atoms with Crippen molar-refractivity contribution in [3.8, 4) is 0 Å². The molecule has 0 aliphatic carbocycles. The van der Waals surface area contributed by atoms with E-state index in [0.717, 1.165) is 0 Å². The first kappa shape index (κ1) is 14.4. The van der Waals surface area contributed by atoms with E-state index in [2.05, 4.69) is 0 Å². The molecule has 0 atom stereocenters. The first-order valence-electron chi connectivity index (χ1n) is 5.78. The number of aromatic nitrogens is 1. The smallest absolute Gasteiger partial charge is 0.261 e. The fourth-order valence-electron chi connectivity index (χ4n) is 1.67. The van der Waals surface area contributed by atoms with Crippen LogP contribution in [0.1, 0.15) is 19.4 Å². The number of thiocarbonyl (C=S) groups is 1. The number of hydrogen-bond acceptors (Lipinski definition) is 3. The molecule has 0 saturated heterocycles. The third-order valence-corrected chi connectivity index (χ3v) is 2.93. The molecule has 0 radical (unpaired) electrons. The van der Waals surface area contributed by atoms with Gasteiger partial charge >= 0.3 is 0 Å². The second-order valence-corrected chi connectivity index (χ2v) is 4.23. The molecule has 5 nitrogen and oxygen atoms in total. The normalized spacial score (nSPS) is 10.1. The number of pyridine rings is 1. The minimum absolute atomic E-state index is 0.0109. The van der Waals surface area contributed by atoms with Gasteiger partial charge in [0.15, 0.2) is 0 Å². The molecular weight excluding hydrogens is 250 g/mol. The van der Waals surface area contributed by atoms with Crippen LogP contribution in [0.3, 0.4) is 0 Å². The summed E-state index contributed by atoms with van der Waals surface area (Å²) in [6, 6.07) is 3.22. The fraction of sp³-hybridized carbons (Fsp3) is 0.417. The predicted molar refractivity (Wildman–Crippen MR) is 74.5 cm³/mol. The first-order valence-corrected chi connectivity index (χ1v) is 6.19. The zero-order valence-corrected chi connectivity index (χ0v) is 11.4. The van der Waals surface area contributed by atoms with Crippen molar-refractivity contribution in [1.82, 2.24) is 9.47 Å². The van der Waals surface area contributed by atoms with Crippen LogP contribution in [0.2, 0.25) is 0 Å². The fourth-order valence-corrected chi connectivity index (χ4v) is 1.83.